The van der Waals surface area contributed by atoms with Crippen molar-refractivity contribution < 1.29 is 4.74 Å². The molecule has 1 N–H and O–H groups in total. The van der Waals surface area contributed by atoms with Crippen molar-refractivity contribution in [3.05, 3.63) is 65.7 Å². The number of rotatable bonds is 7. The molecule has 2 aromatic carbocycles. The Balaban J connectivity index is 2.05. The van der Waals surface area contributed by atoms with Crippen molar-refractivity contribution in [2.75, 3.05) is 27.7 Å². The lowest BCUT2D eigenvalue weighted by molar-refractivity contribution is 0.285. The number of nitrogens with zero attached hydrogens (tertiary/aromatic N) is 1. The standard InChI is InChI=1S/C18H24N2O/c1-19-17(16-11-7-8-12-18(16)21-3)14-20(2)13-15-9-5-4-6-10-15/h4-12,17,19H,13-14H2,1-3H3. The summed E-state index contributed by atoms with van der Waals surface area (Å²) in [4.78, 5) is 2.32. The van der Waals surface area contributed by atoms with Crippen molar-refractivity contribution in [3.8, 4) is 5.75 Å². The van der Waals surface area contributed by atoms with E-state index < -0.39 is 0 Å². The van der Waals surface area contributed by atoms with Crippen LogP contribution in [0.4, 0.5) is 0 Å². The van der Waals surface area contributed by atoms with Crippen molar-refractivity contribution in [1.29, 1.82) is 0 Å². The van der Waals surface area contributed by atoms with Gasteiger partial charge in [0.05, 0.1) is 7.11 Å². The molecule has 3 nitrogen and oxygen atoms in total. The smallest absolute Gasteiger partial charge is 0.123 e. The number of ether oxygens (including phenoxy) is 1. The molecule has 0 aliphatic heterocycles. The zero-order valence-electron chi connectivity index (χ0n) is 13.0. The molecule has 0 saturated heterocycles. The zero-order chi connectivity index (χ0) is 15.1. The summed E-state index contributed by atoms with van der Waals surface area (Å²) in [5.41, 5.74) is 2.53. The molecule has 0 bridgehead atoms. The number of hydrogen-bond acceptors (Lipinski definition) is 3. The molecule has 1 unspecified atom stereocenters. The second-order valence-electron chi connectivity index (χ2n) is 5.27. The van der Waals surface area contributed by atoms with Crippen molar-refractivity contribution in [2.24, 2.45) is 0 Å². The normalized spacial score (nSPS) is 12.4. The maximum absolute atomic E-state index is 5.47. The van der Waals surface area contributed by atoms with Crippen LogP contribution in [0.2, 0.25) is 0 Å². The van der Waals surface area contributed by atoms with Gasteiger partial charge in [0.2, 0.25) is 0 Å². The summed E-state index contributed by atoms with van der Waals surface area (Å²) >= 11 is 0. The minimum absolute atomic E-state index is 0.245. The molecule has 0 heterocycles. The van der Waals surface area contributed by atoms with E-state index in [1.54, 1.807) is 7.11 Å². The Morgan fingerprint density at radius 2 is 1.71 bits per heavy atom. The SMILES string of the molecule is CNC(CN(C)Cc1ccccc1)c1ccccc1OC. The molecule has 2 rings (SSSR count). The van der Waals surface area contributed by atoms with Gasteiger partial charge in [-0.15, -0.1) is 0 Å². The van der Waals surface area contributed by atoms with Gasteiger partial charge in [0.1, 0.15) is 5.75 Å². The van der Waals surface area contributed by atoms with Gasteiger partial charge in [-0.3, -0.25) is 0 Å². The van der Waals surface area contributed by atoms with Gasteiger partial charge in [-0.25, -0.2) is 0 Å². The quantitative estimate of drug-likeness (QED) is 0.845. The summed E-state index contributed by atoms with van der Waals surface area (Å²) in [7, 11) is 5.86. The lowest BCUT2D eigenvalue weighted by Crippen LogP contribution is -2.31. The van der Waals surface area contributed by atoms with Gasteiger partial charge in [-0.2, -0.15) is 0 Å². The highest BCUT2D eigenvalue weighted by Crippen LogP contribution is 2.25. The molecule has 0 aliphatic carbocycles. The van der Waals surface area contributed by atoms with E-state index in [1.807, 2.05) is 19.2 Å². The van der Waals surface area contributed by atoms with E-state index in [1.165, 1.54) is 11.1 Å². The summed E-state index contributed by atoms with van der Waals surface area (Å²) in [6.07, 6.45) is 0. The van der Waals surface area contributed by atoms with E-state index in [0.29, 0.717) is 0 Å². The van der Waals surface area contributed by atoms with Crippen LogP contribution >= 0.6 is 0 Å². The summed E-state index contributed by atoms with van der Waals surface area (Å²) < 4.78 is 5.47. The maximum atomic E-state index is 5.47. The second-order valence-corrected chi connectivity index (χ2v) is 5.27. The zero-order valence-corrected chi connectivity index (χ0v) is 13.0. The third-order valence-corrected chi connectivity index (χ3v) is 3.65. The Hall–Kier alpha value is -1.84. The number of methoxy groups -OCH3 is 1. The third-order valence-electron chi connectivity index (χ3n) is 3.65. The van der Waals surface area contributed by atoms with Gasteiger partial charge in [-0.05, 0) is 25.7 Å². The van der Waals surface area contributed by atoms with Crippen LogP contribution in [-0.2, 0) is 6.54 Å². The topological polar surface area (TPSA) is 24.5 Å². The summed E-state index contributed by atoms with van der Waals surface area (Å²) in [5.74, 6) is 0.935. The molecular weight excluding hydrogens is 260 g/mol. The monoisotopic (exact) mass is 284 g/mol. The first-order chi connectivity index (χ1) is 10.2. The number of hydrogen-bond donors (Lipinski definition) is 1. The number of para-hydroxylation sites is 1. The molecule has 21 heavy (non-hydrogen) atoms. The van der Waals surface area contributed by atoms with Gasteiger partial charge in [0.25, 0.3) is 0 Å². The summed E-state index contributed by atoms with van der Waals surface area (Å²) in [6, 6.07) is 19.0. The minimum Gasteiger partial charge on any atom is -0.496 e. The van der Waals surface area contributed by atoms with Crippen LogP contribution in [0.1, 0.15) is 17.2 Å². The molecule has 112 valence electrons. The van der Waals surface area contributed by atoms with Gasteiger partial charge >= 0.3 is 0 Å². The van der Waals surface area contributed by atoms with Crippen molar-refractivity contribution >= 4 is 0 Å². The van der Waals surface area contributed by atoms with Gasteiger partial charge < -0.3 is 15.0 Å². The van der Waals surface area contributed by atoms with E-state index in [2.05, 4.69) is 59.7 Å². The molecular formula is C18H24N2O. The van der Waals surface area contributed by atoms with Gasteiger partial charge in [0, 0.05) is 24.7 Å². The first kappa shape index (κ1) is 15.5. The van der Waals surface area contributed by atoms with E-state index >= 15 is 0 Å². The lowest BCUT2D eigenvalue weighted by atomic mass is 10.0. The number of benzene rings is 2. The molecule has 0 saturated carbocycles. The third kappa shape index (κ3) is 4.31. The fourth-order valence-corrected chi connectivity index (χ4v) is 2.57. The average Bonchev–Trinajstić information content (AvgIpc) is 2.53. The molecule has 3 heteroatoms. The second kappa shape index (κ2) is 7.81. The van der Waals surface area contributed by atoms with E-state index in [0.717, 1.165) is 18.8 Å². The van der Waals surface area contributed by atoms with E-state index in [-0.39, 0.29) is 6.04 Å². The molecule has 0 aromatic heterocycles. The highest BCUT2D eigenvalue weighted by molar-refractivity contribution is 5.36. The lowest BCUT2D eigenvalue weighted by Gasteiger charge is -2.25. The Morgan fingerprint density at radius 3 is 2.38 bits per heavy atom. The van der Waals surface area contributed by atoms with Crippen LogP contribution in [0.3, 0.4) is 0 Å². The number of nitrogens with one attached hydrogen (secondary N) is 1. The fourth-order valence-electron chi connectivity index (χ4n) is 2.57. The Bertz CT molecular complexity index is 542. The minimum atomic E-state index is 0.245. The summed E-state index contributed by atoms with van der Waals surface area (Å²) in [6.45, 7) is 1.86. The molecule has 0 aliphatic rings. The van der Waals surface area contributed by atoms with Crippen LogP contribution in [-0.4, -0.2) is 32.6 Å². The van der Waals surface area contributed by atoms with E-state index in [9.17, 15) is 0 Å². The first-order valence-corrected chi connectivity index (χ1v) is 7.27. The maximum Gasteiger partial charge on any atom is 0.123 e. The Kier molecular flexibility index (Phi) is 5.78. The van der Waals surface area contributed by atoms with Gasteiger partial charge in [0.15, 0.2) is 0 Å². The number of likely N-dealkylation sites (N-methyl/N-ethyl adjacent to an activating group) is 2. The molecule has 2 aromatic rings. The molecule has 0 fully saturated rings. The predicted molar refractivity (Wildman–Crippen MR) is 87.6 cm³/mol. The Labute approximate surface area is 127 Å². The van der Waals surface area contributed by atoms with Crippen LogP contribution in [0, 0.1) is 0 Å². The largest absolute Gasteiger partial charge is 0.496 e. The average molecular weight is 284 g/mol. The first-order valence-electron chi connectivity index (χ1n) is 7.27. The molecule has 1 atom stereocenters. The van der Waals surface area contributed by atoms with Crippen molar-refractivity contribution in [1.82, 2.24) is 10.2 Å². The molecule has 0 spiro atoms. The van der Waals surface area contributed by atoms with Crippen LogP contribution < -0.4 is 10.1 Å². The highest BCUT2D eigenvalue weighted by atomic mass is 16.5. The van der Waals surface area contributed by atoms with E-state index in [4.69, 9.17) is 4.74 Å². The summed E-state index contributed by atoms with van der Waals surface area (Å²) in [5, 5.41) is 3.39. The van der Waals surface area contributed by atoms with Gasteiger partial charge in [-0.1, -0.05) is 48.5 Å². The van der Waals surface area contributed by atoms with Crippen LogP contribution in [0.25, 0.3) is 0 Å². The Morgan fingerprint density at radius 1 is 1.05 bits per heavy atom. The van der Waals surface area contributed by atoms with Crippen molar-refractivity contribution in [2.45, 2.75) is 12.6 Å². The fraction of sp³-hybridized carbons (Fsp3) is 0.333. The van der Waals surface area contributed by atoms with Crippen LogP contribution in [0.15, 0.2) is 54.6 Å². The van der Waals surface area contributed by atoms with Crippen molar-refractivity contribution in [3.63, 3.8) is 0 Å². The predicted octanol–water partition coefficient (Wildman–Crippen LogP) is 3.09. The molecule has 0 amide bonds. The highest BCUT2D eigenvalue weighted by Gasteiger charge is 2.16. The molecule has 0 radical (unpaired) electrons. The van der Waals surface area contributed by atoms with Crippen LogP contribution in [0.5, 0.6) is 5.75 Å².